The van der Waals surface area contributed by atoms with Crippen LogP contribution in [-0.4, -0.2) is 22.4 Å². The Kier molecular flexibility index (Phi) is 4.30. The molecule has 0 aliphatic heterocycles. The molecule has 0 aliphatic carbocycles. The summed E-state index contributed by atoms with van der Waals surface area (Å²) < 4.78 is 5.96. The van der Waals surface area contributed by atoms with Crippen molar-refractivity contribution in [1.82, 2.24) is 9.78 Å². The number of rotatable bonds is 4. The Bertz CT molecular complexity index is 677. The van der Waals surface area contributed by atoms with Crippen LogP contribution in [-0.2, 0) is 16.1 Å². The van der Waals surface area contributed by atoms with Crippen molar-refractivity contribution in [2.24, 2.45) is 0 Å². The van der Waals surface area contributed by atoms with E-state index in [4.69, 9.17) is 4.74 Å². The number of aromatic nitrogens is 2. The molecule has 0 N–H and O–H groups in total. The Balaban J connectivity index is 2.36. The summed E-state index contributed by atoms with van der Waals surface area (Å²) in [6.07, 6.45) is 0. The van der Waals surface area contributed by atoms with Gasteiger partial charge in [0.15, 0.2) is 0 Å². The largest absolute Gasteiger partial charge is 0.465 e. The maximum Gasteiger partial charge on any atom is 0.327 e. The van der Waals surface area contributed by atoms with E-state index in [1.54, 1.807) is 13.0 Å². The lowest BCUT2D eigenvalue weighted by molar-refractivity contribution is -0.144. The SMILES string of the molecule is CCOC(=O)Cn1nc(-c2ccccc2C)ccc1=O. The number of hydrogen-bond donors (Lipinski definition) is 0. The van der Waals surface area contributed by atoms with E-state index in [9.17, 15) is 9.59 Å². The topological polar surface area (TPSA) is 61.2 Å². The molecule has 0 aliphatic rings. The van der Waals surface area contributed by atoms with E-state index in [-0.39, 0.29) is 18.7 Å². The second-order valence-corrected chi connectivity index (χ2v) is 4.33. The van der Waals surface area contributed by atoms with Crippen molar-refractivity contribution in [2.45, 2.75) is 20.4 Å². The van der Waals surface area contributed by atoms with Crippen LogP contribution in [0.1, 0.15) is 12.5 Å². The van der Waals surface area contributed by atoms with Crippen LogP contribution in [0.5, 0.6) is 0 Å². The van der Waals surface area contributed by atoms with Crippen LogP contribution in [0, 0.1) is 6.92 Å². The molecule has 1 aromatic carbocycles. The Morgan fingerprint density at radius 3 is 2.70 bits per heavy atom. The van der Waals surface area contributed by atoms with E-state index in [0.717, 1.165) is 15.8 Å². The smallest absolute Gasteiger partial charge is 0.327 e. The van der Waals surface area contributed by atoms with Crippen LogP contribution in [0.2, 0.25) is 0 Å². The number of hydrogen-bond acceptors (Lipinski definition) is 4. The Labute approximate surface area is 116 Å². The van der Waals surface area contributed by atoms with Crippen LogP contribution in [0.15, 0.2) is 41.2 Å². The minimum absolute atomic E-state index is 0.174. The molecule has 0 fully saturated rings. The van der Waals surface area contributed by atoms with Crippen molar-refractivity contribution < 1.29 is 9.53 Å². The summed E-state index contributed by atoms with van der Waals surface area (Å²) in [6.45, 7) is 3.80. The molecule has 2 rings (SSSR count). The lowest BCUT2D eigenvalue weighted by atomic mass is 10.1. The highest BCUT2D eigenvalue weighted by molar-refractivity contribution is 5.69. The van der Waals surface area contributed by atoms with Gasteiger partial charge in [-0.15, -0.1) is 0 Å². The van der Waals surface area contributed by atoms with Gasteiger partial charge in [-0.05, 0) is 25.5 Å². The minimum Gasteiger partial charge on any atom is -0.465 e. The quantitative estimate of drug-likeness (QED) is 0.796. The first-order valence-electron chi connectivity index (χ1n) is 6.41. The van der Waals surface area contributed by atoms with Crippen LogP contribution in [0.25, 0.3) is 11.3 Å². The second-order valence-electron chi connectivity index (χ2n) is 4.33. The molecule has 20 heavy (non-hydrogen) atoms. The fraction of sp³-hybridized carbons (Fsp3) is 0.267. The van der Waals surface area contributed by atoms with Crippen LogP contribution < -0.4 is 5.56 Å². The molecule has 0 bridgehead atoms. The summed E-state index contributed by atoms with van der Waals surface area (Å²) in [5.74, 6) is -0.468. The summed E-state index contributed by atoms with van der Waals surface area (Å²) in [5.41, 5.74) is 2.33. The molecule has 0 saturated carbocycles. The van der Waals surface area contributed by atoms with Crippen LogP contribution in [0.4, 0.5) is 0 Å². The van der Waals surface area contributed by atoms with Crippen molar-refractivity contribution in [2.75, 3.05) is 6.61 Å². The highest BCUT2D eigenvalue weighted by atomic mass is 16.5. The molecule has 5 heteroatoms. The van der Waals surface area contributed by atoms with Crippen molar-refractivity contribution in [3.63, 3.8) is 0 Å². The van der Waals surface area contributed by atoms with Gasteiger partial charge < -0.3 is 4.74 Å². The van der Waals surface area contributed by atoms with E-state index in [1.807, 2.05) is 31.2 Å². The van der Waals surface area contributed by atoms with Gasteiger partial charge in [-0.1, -0.05) is 24.3 Å². The first-order chi connectivity index (χ1) is 9.61. The third-order valence-electron chi connectivity index (χ3n) is 2.87. The van der Waals surface area contributed by atoms with Gasteiger partial charge in [-0.25, -0.2) is 4.68 Å². The second kappa shape index (κ2) is 6.14. The third kappa shape index (κ3) is 3.12. The van der Waals surface area contributed by atoms with Crippen LogP contribution in [0.3, 0.4) is 0 Å². The highest BCUT2D eigenvalue weighted by Crippen LogP contribution is 2.19. The number of esters is 1. The number of carbonyl (C=O) groups excluding carboxylic acids is 1. The molecular formula is C15H16N2O3. The molecule has 0 atom stereocenters. The van der Waals surface area contributed by atoms with Gasteiger partial charge in [0.05, 0.1) is 12.3 Å². The van der Waals surface area contributed by atoms with Crippen LogP contribution >= 0.6 is 0 Å². The maximum absolute atomic E-state index is 11.7. The molecule has 1 heterocycles. The average molecular weight is 272 g/mol. The maximum atomic E-state index is 11.7. The zero-order valence-electron chi connectivity index (χ0n) is 11.5. The van der Waals surface area contributed by atoms with Gasteiger partial charge in [-0.2, -0.15) is 5.10 Å². The molecule has 0 saturated heterocycles. The summed E-state index contributed by atoms with van der Waals surface area (Å²) >= 11 is 0. The molecule has 104 valence electrons. The molecule has 0 radical (unpaired) electrons. The Hall–Kier alpha value is -2.43. The van der Waals surface area contributed by atoms with Crippen molar-refractivity contribution in [3.8, 4) is 11.3 Å². The standard InChI is InChI=1S/C15H16N2O3/c1-3-20-15(19)10-17-14(18)9-8-13(16-17)12-7-5-4-6-11(12)2/h4-9H,3,10H2,1-2H3. The van der Waals surface area contributed by atoms with Crippen molar-refractivity contribution >= 4 is 5.97 Å². The number of aryl methyl sites for hydroxylation is 1. The molecular weight excluding hydrogens is 256 g/mol. The first kappa shape index (κ1) is 14.0. The molecule has 0 amide bonds. The van der Waals surface area contributed by atoms with Gasteiger partial charge in [0, 0.05) is 11.6 Å². The summed E-state index contributed by atoms with van der Waals surface area (Å²) in [7, 11) is 0. The summed E-state index contributed by atoms with van der Waals surface area (Å²) in [6, 6.07) is 10.8. The van der Waals surface area contributed by atoms with Gasteiger partial charge in [0.1, 0.15) is 6.54 Å². The van der Waals surface area contributed by atoms with Gasteiger partial charge >= 0.3 is 5.97 Å². The van der Waals surface area contributed by atoms with Crippen molar-refractivity contribution in [1.29, 1.82) is 0 Å². The fourth-order valence-corrected chi connectivity index (χ4v) is 1.90. The minimum atomic E-state index is -0.468. The number of carbonyl (C=O) groups is 1. The Morgan fingerprint density at radius 1 is 1.25 bits per heavy atom. The van der Waals surface area contributed by atoms with E-state index in [2.05, 4.69) is 5.10 Å². The summed E-state index contributed by atoms with van der Waals surface area (Å²) in [5, 5.41) is 4.23. The molecule has 5 nitrogen and oxygen atoms in total. The Morgan fingerprint density at radius 2 is 2.00 bits per heavy atom. The third-order valence-corrected chi connectivity index (χ3v) is 2.87. The van der Waals surface area contributed by atoms with Gasteiger partial charge in [0.2, 0.25) is 0 Å². The predicted octanol–water partition coefficient (Wildman–Crippen LogP) is 1.78. The predicted molar refractivity (Wildman–Crippen MR) is 75.3 cm³/mol. The van der Waals surface area contributed by atoms with Crippen molar-refractivity contribution in [3.05, 3.63) is 52.3 Å². The number of nitrogens with zero attached hydrogens (tertiary/aromatic N) is 2. The van der Waals surface area contributed by atoms with E-state index < -0.39 is 5.97 Å². The van der Waals surface area contributed by atoms with E-state index in [0.29, 0.717) is 5.69 Å². The molecule has 2 aromatic rings. The molecule has 0 spiro atoms. The highest BCUT2D eigenvalue weighted by Gasteiger charge is 2.09. The monoisotopic (exact) mass is 272 g/mol. The first-order valence-corrected chi connectivity index (χ1v) is 6.41. The zero-order chi connectivity index (χ0) is 14.5. The van der Waals surface area contributed by atoms with Gasteiger partial charge in [0.25, 0.3) is 5.56 Å². The number of ether oxygens (including phenoxy) is 1. The zero-order valence-corrected chi connectivity index (χ0v) is 11.5. The van der Waals surface area contributed by atoms with Gasteiger partial charge in [-0.3, -0.25) is 9.59 Å². The fourth-order valence-electron chi connectivity index (χ4n) is 1.90. The average Bonchev–Trinajstić information content (AvgIpc) is 2.42. The molecule has 1 aromatic heterocycles. The normalized spacial score (nSPS) is 10.3. The number of benzene rings is 1. The van der Waals surface area contributed by atoms with E-state index >= 15 is 0 Å². The van der Waals surface area contributed by atoms with E-state index in [1.165, 1.54) is 6.07 Å². The summed E-state index contributed by atoms with van der Waals surface area (Å²) in [4.78, 5) is 23.2. The molecule has 0 unspecified atom stereocenters. The lowest BCUT2D eigenvalue weighted by Crippen LogP contribution is -2.27. The lowest BCUT2D eigenvalue weighted by Gasteiger charge is -2.08.